The summed E-state index contributed by atoms with van der Waals surface area (Å²) in [6, 6.07) is 4.96. The lowest BCUT2D eigenvalue weighted by Gasteiger charge is -2.12. The third-order valence-corrected chi connectivity index (χ3v) is 2.93. The van der Waals surface area contributed by atoms with Crippen LogP contribution in [-0.2, 0) is 4.74 Å². The molecule has 0 fully saturated rings. The monoisotopic (exact) mass is 312 g/mol. The molecule has 0 amide bonds. The van der Waals surface area contributed by atoms with Gasteiger partial charge in [0.25, 0.3) is 5.56 Å². The van der Waals surface area contributed by atoms with Crippen LogP contribution in [0.1, 0.15) is 10.5 Å². The molecule has 21 heavy (non-hydrogen) atoms. The number of halogens is 2. The Labute approximate surface area is 123 Å². The topological polar surface area (TPSA) is 70.4 Å². The van der Waals surface area contributed by atoms with E-state index in [0.717, 1.165) is 19.2 Å². The van der Waals surface area contributed by atoms with E-state index in [9.17, 15) is 14.0 Å². The predicted octanol–water partition coefficient (Wildman–Crippen LogP) is 1.82. The molecule has 6 nitrogen and oxygen atoms in total. The van der Waals surface area contributed by atoms with Gasteiger partial charge < -0.3 is 9.47 Å². The SMILES string of the molecule is COC(=O)c1nn(-c2c(F)cccc2OC)c(=O)cc1Cl. The minimum Gasteiger partial charge on any atom is -0.494 e. The van der Waals surface area contributed by atoms with Gasteiger partial charge in [0.2, 0.25) is 0 Å². The second kappa shape index (κ2) is 5.92. The summed E-state index contributed by atoms with van der Waals surface area (Å²) in [7, 11) is 2.46. The van der Waals surface area contributed by atoms with Crippen LogP contribution >= 0.6 is 11.6 Å². The molecule has 0 bridgehead atoms. The molecule has 0 aliphatic heterocycles. The number of methoxy groups -OCH3 is 2. The molecular weight excluding hydrogens is 303 g/mol. The fraction of sp³-hybridized carbons (Fsp3) is 0.154. The highest BCUT2D eigenvalue weighted by Gasteiger charge is 2.20. The molecule has 1 heterocycles. The molecule has 0 saturated heterocycles. The molecule has 1 aromatic carbocycles. The molecule has 2 rings (SSSR count). The minimum absolute atomic E-state index is 0.0859. The zero-order valence-electron chi connectivity index (χ0n) is 11.1. The van der Waals surface area contributed by atoms with Crippen molar-refractivity contribution >= 4 is 17.6 Å². The molecule has 0 atom stereocenters. The normalized spacial score (nSPS) is 10.3. The second-order valence-electron chi connectivity index (χ2n) is 3.87. The van der Waals surface area contributed by atoms with Crippen molar-refractivity contribution in [2.24, 2.45) is 0 Å². The number of hydrogen-bond acceptors (Lipinski definition) is 5. The fourth-order valence-electron chi connectivity index (χ4n) is 1.70. The van der Waals surface area contributed by atoms with E-state index in [1.54, 1.807) is 0 Å². The highest BCUT2D eigenvalue weighted by Crippen LogP contribution is 2.24. The van der Waals surface area contributed by atoms with Gasteiger partial charge in [-0.25, -0.2) is 9.18 Å². The summed E-state index contributed by atoms with van der Waals surface area (Å²) in [6.45, 7) is 0. The van der Waals surface area contributed by atoms with Gasteiger partial charge in [0.15, 0.2) is 11.5 Å². The van der Waals surface area contributed by atoms with Gasteiger partial charge >= 0.3 is 5.97 Å². The first-order valence-electron chi connectivity index (χ1n) is 5.70. The molecule has 0 aliphatic carbocycles. The predicted molar refractivity (Wildman–Crippen MR) is 72.7 cm³/mol. The van der Waals surface area contributed by atoms with Crippen molar-refractivity contribution in [1.82, 2.24) is 9.78 Å². The third kappa shape index (κ3) is 2.73. The van der Waals surface area contributed by atoms with Gasteiger partial charge in [-0.3, -0.25) is 4.79 Å². The number of hydrogen-bond donors (Lipinski definition) is 0. The molecule has 8 heteroatoms. The van der Waals surface area contributed by atoms with Crippen LogP contribution in [0, 0.1) is 5.82 Å². The lowest BCUT2D eigenvalue weighted by molar-refractivity contribution is 0.0592. The number of esters is 1. The van der Waals surface area contributed by atoms with E-state index in [1.165, 1.54) is 19.2 Å². The number of aromatic nitrogens is 2. The zero-order chi connectivity index (χ0) is 15.6. The molecule has 0 saturated carbocycles. The number of carbonyl (C=O) groups excluding carboxylic acids is 1. The Hall–Kier alpha value is -2.41. The number of rotatable bonds is 3. The van der Waals surface area contributed by atoms with E-state index in [0.29, 0.717) is 4.68 Å². The van der Waals surface area contributed by atoms with E-state index < -0.39 is 17.3 Å². The maximum Gasteiger partial charge on any atom is 0.360 e. The van der Waals surface area contributed by atoms with Crippen LogP contribution in [0.3, 0.4) is 0 Å². The Morgan fingerprint density at radius 2 is 2.10 bits per heavy atom. The van der Waals surface area contributed by atoms with Gasteiger partial charge in [0.1, 0.15) is 11.4 Å². The average Bonchev–Trinajstić information content (AvgIpc) is 2.47. The minimum atomic E-state index is -0.843. The van der Waals surface area contributed by atoms with E-state index in [2.05, 4.69) is 9.84 Å². The van der Waals surface area contributed by atoms with Gasteiger partial charge in [-0.15, -0.1) is 0 Å². The first-order valence-corrected chi connectivity index (χ1v) is 6.08. The van der Waals surface area contributed by atoms with Gasteiger partial charge in [0, 0.05) is 6.07 Å². The molecule has 0 unspecified atom stereocenters. The molecule has 0 spiro atoms. The van der Waals surface area contributed by atoms with Crippen molar-refractivity contribution in [1.29, 1.82) is 0 Å². The fourth-order valence-corrected chi connectivity index (χ4v) is 1.90. The van der Waals surface area contributed by atoms with Crippen LogP contribution in [0.5, 0.6) is 5.75 Å². The number of ether oxygens (including phenoxy) is 2. The van der Waals surface area contributed by atoms with Crippen LogP contribution in [0.25, 0.3) is 5.69 Å². The Morgan fingerprint density at radius 3 is 2.71 bits per heavy atom. The van der Waals surface area contributed by atoms with Crippen molar-refractivity contribution < 1.29 is 18.7 Å². The number of para-hydroxylation sites is 1. The zero-order valence-corrected chi connectivity index (χ0v) is 11.8. The smallest absolute Gasteiger partial charge is 0.360 e. The summed E-state index contributed by atoms with van der Waals surface area (Å²) < 4.78 is 24.2. The van der Waals surface area contributed by atoms with Crippen LogP contribution < -0.4 is 10.3 Å². The highest BCUT2D eigenvalue weighted by atomic mass is 35.5. The third-order valence-electron chi connectivity index (χ3n) is 2.65. The van der Waals surface area contributed by atoms with Crippen molar-refractivity contribution in [3.63, 3.8) is 0 Å². The van der Waals surface area contributed by atoms with E-state index in [-0.39, 0.29) is 22.2 Å². The summed E-state index contributed by atoms with van der Waals surface area (Å²) >= 11 is 5.77. The second-order valence-corrected chi connectivity index (χ2v) is 4.28. The molecule has 2 aromatic rings. The van der Waals surface area contributed by atoms with Crippen LogP contribution in [0.2, 0.25) is 5.02 Å². The molecule has 1 aromatic heterocycles. The van der Waals surface area contributed by atoms with E-state index >= 15 is 0 Å². The van der Waals surface area contributed by atoms with Gasteiger partial charge in [0.05, 0.1) is 19.2 Å². The lowest BCUT2D eigenvalue weighted by Crippen LogP contribution is -2.25. The Kier molecular flexibility index (Phi) is 4.23. The summed E-state index contributed by atoms with van der Waals surface area (Å²) in [6.07, 6.45) is 0. The van der Waals surface area contributed by atoms with Gasteiger partial charge in [-0.2, -0.15) is 9.78 Å². The number of benzene rings is 1. The number of nitrogens with zero attached hydrogens (tertiary/aromatic N) is 2. The lowest BCUT2D eigenvalue weighted by atomic mass is 10.2. The standard InChI is InChI=1S/C13H10ClFN2O4/c1-20-9-5-3-4-8(15)12(9)17-10(18)6-7(14)11(16-17)13(19)21-2/h3-6H,1-2H3. The molecule has 0 N–H and O–H groups in total. The van der Waals surface area contributed by atoms with Gasteiger partial charge in [-0.05, 0) is 12.1 Å². The summed E-state index contributed by atoms with van der Waals surface area (Å²) in [4.78, 5) is 23.5. The van der Waals surface area contributed by atoms with Crippen LogP contribution in [0.15, 0.2) is 29.1 Å². The van der Waals surface area contributed by atoms with Crippen LogP contribution in [-0.4, -0.2) is 30.0 Å². The summed E-state index contributed by atoms with van der Waals surface area (Å²) in [5, 5.41) is 3.58. The van der Waals surface area contributed by atoms with Crippen molar-refractivity contribution in [2.75, 3.05) is 14.2 Å². The maximum atomic E-state index is 14.0. The average molecular weight is 313 g/mol. The van der Waals surface area contributed by atoms with E-state index in [1.807, 2.05) is 0 Å². The van der Waals surface area contributed by atoms with Crippen molar-refractivity contribution in [2.45, 2.75) is 0 Å². The van der Waals surface area contributed by atoms with E-state index in [4.69, 9.17) is 16.3 Å². The molecule has 0 radical (unpaired) electrons. The molecule has 110 valence electrons. The molecular formula is C13H10ClFN2O4. The van der Waals surface area contributed by atoms with Crippen molar-refractivity contribution in [3.05, 3.63) is 51.2 Å². The van der Waals surface area contributed by atoms with Crippen molar-refractivity contribution in [3.8, 4) is 11.4 Å². The van der Waals surface area contributed by atoms with Crippen LogP contribution in [0.4, 0.5) is 4.39 Å². The summed E-state index contributed by atoms with van der Waals surface area (Å²) in [5.41, 5.74) is -1.23. The first-order chi connectivity index (χ1) is 9.99. The Morgan fingerprint density at radius 1 is 1.38 bits per heavy atom. The largest absolute Gasteiger partial charge is 0.494 e. The summed E-state index contributed by atoms with van der Waals surface area (Å²) in [5.74, 6) is -1.49. The first kappa shape index (κ1) is 15.0. The number of carbonyl (C=O) groups is 1. The quantitative estimate of drug-likeness (QED) is 0.809. The maximum absolute atomic E-state index is 14.0. The Bertz CT molecular complexity index is 760. The molecule has 0 aliphatic rings. The Balaban J connectivity index is 2.76. The highest BCUT2D eigenvalue weighted by molar-refractivity contribution is 6.33. The van der Waals surface area contributed by atoms with Gasteiger partial charge in [-0.1, -0.05) is 17.7 Å².